The number of rotatable bonds is 9. The van der Waals surface area contributed by atoms with Crippen LogP contribution in [0.5, 0.6) is 0 Å². The van der Waals surface area contributed by atoms with Crippen molar-refractivity contribution < 1.29 is 14.7 Å². The second-order valence-corrected chi connectivity index (χ2v) is 4.95. The number of hydrogen-bond acceptors (Lipinski definition) is 3. The van der Waals surface area contributed by atoms with Crippen LogP contribution in [-0.2, 0) is 22.7 Å². The number of benzene rings is 1. The van der Waals surface area contributed by atoms with Crippen molar-refractivity contribution in [1.82, 2.24) is 10.2 Å². The molecule has 0 spiro atoms. The largest absolute Gasteiger partial charge is 0.481 e. The molecule has 0 heterocycles. The fraction of sp³-hybridized carbons (Fsp3) is 0.500. The highest BCUT2D eigenvalue weighted by Gasteiger charge is 2.05. The molecule has 0 bridgehead atoms. The molecule has 0 fully saturated rings. The number of carboxylic acids is 1. The van der Waals surface area contributed by atoms with Crippen molar-refractivity contribution in [2.45, 2.75) is 39.8 Å². The third-order valence-electron chi connectivity index (χ3n) is 3.38. The predicted octanol–water partition coefficient (Wildman–Crippen LogP) is 2.01. The standard InChI is InChI=1S/C16H24N2O3/c1-3-18(4-2)12-14-7-5-13(6-8-14)11-17-15(19)9-10-16(20)21/h5-8H,3-4,9-12H2,1-2H3,(H,17,19)(H,20,21). The molecule has 0 saturated carbocycles. The van der Waals surface area contributed by atoms with Crippen molar-refractivity contribution >= 4 is 11.9 Å². The topological polar surface area (TPSA) is 69.6 Å². The van der Waals surface area contributed by atoms with Crippen LogP contribution in [0.3, 0.4) is 0 Å². The smallest absolute Gasteiger partial charge is 0.303 e. The predicted molar refractivity (Wildman–Crippen MR) is 81.8 cm³/mol. The number of aliphatic carboxylic acids is 1. The molecule has 1 rings (SSSR count). The molecular formula is C16H24N2O3. The van der Waals surface area contributed by atoms with Crippen molar-refractivity contribution in [3.8, 4) is 0 Å². The zero-order valence-corrected chi connectivity index (χ0v) is 12.8. The van der Waals surface area contributed by atoms with Gasteiger partial charge in [0.2, 0.25) is 5.91 Å². The summed E-state index contributed by atoms with van der Waals surface area (Å²) in [6.07, 6.45) is -0.107. The van der Waals surface area contributed by atoms with Gasteiger partial charge >= 0.3 is 5.97 Å². The van der Waals surface area contributed by atoms with E-state index >= 15 is 0 Å². The molecule has 1 aromatic rings. The minimum absolute atomic E-state index is 0.0232. The van der Waals surface area contributed by atoms with Gasteiger partial charge in [0.15, 0.2) is 0 Å². The van der Waals surface area contributed by atoms with Crippen molar-refractivity contribution in [3.05, 3.63) is 35.4 Å². The minimum atomic E-state index is -0.953. The lowest BCUT2D eigenvalue weighted by Crippen LogP contribution is -2.23. The van der Waals surface area contributed by atoms with Crippen molar-refractivity contribution in [1.29, 1.82) is 0 Å². The number of amides is 1. The summed E-state index contributed by atoms with van der Waals surface area (Å²) in [5.74, 6) is -1.18. The maximum Gasteiger partial charge on any atom is 0.303 e. The lowest BCUT2D eigenvalue weighted by atomic mass is 10.1. The van der Waals surface area contributed by atoms with E-state index in [-0.39, 0.29) is 18.7 Å². The molecular weight excluding hydrogens is 268 g/mol. The Hall–Kier alpha value is -1.88. The number of carboxylic acid groups (broad SMARTS) is 1. The van der Waals surface area contributed by atoms with E-state index in [9.17, 15) is 9.59 Å². The average molecular weight is 292 g/mol. The van der Waals surface area contributed by atoms with Crippen molar-refractivity contribution in [2.24, 2.45) is 0 Å². The van der Waals surface area contributed by atoms with Crippen molar-refractivity contribution in [3.63, 3.8) is 0 Å². The van der Waals surface area contributed by atoms with Gasteiger partial charge in [0.05, 0.1) is 6.42 Å². The first-order valence-corrected chi connectivity index (χ1v) is 7.33. The van der Waals surface area contributed by atoms with Crippen LogP contribution in [0.2, 0.25) is 0 Å². The molecule has 1 aromatic carbocycles. The summed E-state index contributed by atoms with van der Waals surface area (Å²) in [4.78, 5) is 24.1. The van der Waals surface area contributed by atoms with Crippen LogP contribution in [0.4, 0.5) is 0 Å². The van der Waals surface area contributed by atoms with Crippen LogP contribution in [0, 0.1) is 0 Å². The summed E-state index contributed by atoms with van der Waals surface area (Å²) in [6, 6.07) is 8.13. The van der Waals surface area contributed by atoms with Gasteiger partial charge in [-0.15, -0.1) is 0 Å². The van der Waals surface area contributed by atoms with E-state index in [1.807, 2.05) is 12.1 Å². The third kappa shape index (κ3) is 6.90. The Kier molecular flexibility index (Phi) is 7.46. The van der Waals surface area contributed by atoms with Crippen LogP contribution in [0.1, 0.15) is 37.8 Å². The highest BCUT2D eigenvalue weighted by molar-refractivity contribution is 5.80. The molecule has 0 atom stereocenters. The van der Waals surface area contributed by atoms with Crippen molar-refractivity contribution in [2.75, 3.05) is 13.1 Å². The van der Waals surface area contributed by atoms with Crippen LogP contribution >= 0.6 is 0 Å². The average Bonchev–Trinajstić information content (AvgIpc) is 2.49. The highest BCUT2D eigenvalue weighted by Crippen LogP contribution is 2.07. The molecule has 21 heavy (non-hydrogen) atoms. The zero-order chi connectivity index (χ0) is 15.7. The molecule has 5 heteroatoms. The summed E-state index contributed by atoms with van der Waals surface area (Å²) >= 11 is 0. The molecule has 0 saturated heterocycles. The molecule has 0 aliphatic heterocycles. The lowest BCUT2D eigenvalue weighted by Gasteiger charge is -2.18. The first-order chi connectivity index (χ1) is 10.0. The van der Waals surface area contributed by atoms with Gasteiger partial charge in [0, 0.05) is 19.5 Å². The maximum atomic E-state index is 11.4. The summed E-state index contributed by atoms with van der Waals surface area (Å²) < 4.78 is 0. The fourth-order valence-electron chi connectivity index (χ4n) is 1.98. The Morgan fingerprint density at radius 3 is 2.14 bits per heavy atom. The van der Waals surface area contributed by atoms with Gasteiger partial charge in [-0.25, -0.2) is 0 Å². The molecule has 0 aromatic heterocycles. The quantitative estimate of drug-likeness (QED) is 0.730. The highest BCUT2D eigenvalue weighted by atomic mass is 16.4. The second-order valence-electron chi connectivity index (χ2n) is 4.95. The van der Waals surface area contributed by atoms with E-state index in [0.717, 1.165) is 25.2 Å². The molecule has 0 radical (unpaired) electrons. The Morgan fingerprint density at radius 1 is 1.05 bits per heavy atom. The number of hydrogen-bond donors (Lipinski definition) is 2. The Bertz CT molecular complexity index is 453. The zero-order valence-electron chi connectivity index (χ0n) is 12.8. The SMILES string of the molecule is CCN(CC)Cc1ccc(CNC(=O)CCC(=O)O)cc1. The van der Waals surface area contributed by atoms with Gasteiger partial charge in [0.25, 0.3) is 0 Å². The Balaban J connectivity index is 2.40. The fourth-order valence-corrected chi connectivity index (χ4v) is 1.98. The van der Waals surface area contributed by atoms with Gasteiger partial charge in [0.1, 0.15) is 0 Å². The monoisotopic (exact) mass is 292 g/mol. The summed E-state index contributed by atoms with van der Waals surface area (Å²) in [5, 5.41) is 11.2. The van der Waals surface area contributed by atoms with Gasteiger partial charge < -0.3 is 10.4 Å². The molecule has 5 nitrogen and oxygen atoms in total. The lowest BCUT2D eigenvalue weighted by molar-refractivity contribution is -0.138. The number of carbonyl (C=O) groups excluding carboxylic acids is 1. The molecule has 2 N–H and O–H groups in total. The maximum absolute atomic E-state index is 11.4. The van der Waals surface area contributed by atoms with Crippen LogP contribution in [0.15, 0.2) is 24.3 Å². The Morgan fingerprint density at radius 2 is 1.62 bits per heavy atom. The summed E-state index contributed by atoms with van der Waals surface area (Å²) in [6.45, 7) is 7.70. The molecule has 0 aliphatic carbocycles. The molecule has 0 unspecified atom stereocenters. The van der Waals surface area contributed by atoms with E-state index in [2.05, 4.69) is 36.2 Å². The Labute approximate surface area is 126 Å². The minimum Gasteiger partial charge on any atom is -0.481 e. The second kappa shape index (κ2) is 9.13. The van der Waals surface area contributed by atoms with Gasteiger partial charge in [-0.05, 0) is 24.2 Å². The molecule has 116 valence electrons. The third-order valence-corrected chi connectivity index (χ3v) is 3.38. The van der Waals surface area contributed by atoms with E-state index in [1.165, 1.54) is 5.56 Å². The van der Waals surface area contributed by atoms with Gasteiger partial charge in [-0.1, -0.05) is 38.1 Å². The molecule has 1 amide bonds. The van der Waals surface area contributed by atoms with Gasteiger partial charge in [-0.2, -0.15) is 0 Å². The summed E-state index contributed by atoms with van der Waals surface area (Å²) in [5.41, 5.74) is 2.27. The van der Waals surface area contributed by atoms with Gasteiger partial charge in [-0.3, -0.25) is 14.5 Å². The van der Waals surface area contributed by atoms with E-state index in [0.29, 0.717) is 6.54 Å². The van der Waals surface area contributed by atoms with Crippen LogP contribution in [0.25, 0.3) is 0 Å². The van der Waals surface area contributed by atoms with Crippen LogP contribution in [-0.4, -0.2) is 35.0 Å². The van der Waals surface area contributed by atoms with E-state index in [1.54, 1.807) is 0 Å². The summed E-state index contributed by atoms with van der Waals surface area (Å²) in [7, 11) is 0. The first-order valence-electron chi connectivity index (χ1n) is 7.33. The number of nitrogens with zero attached hydrogens (tertiary/aromatic N) is 1. The first kappa shape index (κ1) is 17.2. The number of carbonyl (C=O) groups is 2. The molecule has 0 aliphatic rings. The number of nitrogens with one attached hydrogen (secondary N) is 1. The van der Waals surface area contributed by atoms with E-state index in [4.69, 9.17) is 5.11 Å². The van der Waals surface area contributed by atoms with Crippen LogP contribution < -0.4 is 5.32 Å². The normalized spacial score (nSPS) is 10.6. The van der Waals surface area contributed by atoms with E-state index < -0.39 is 5.97 Å².